The zero-order chi connectivity index (χ0) is 20.1. The lowest BCUT2D eigenvalue weighted by molar-refractivity contribution is 0.204. The van der Waals surface area contributed by atoms with E-state index < -0.39 is 0 Å². The molecule has 2 amide bonds. The molecule has 1 aromatic heterocycles. The predicted octanol–water partition coefficient (Wildman–Crippen LogP) is 3.34. The third-order valence-corrected chi connectivity index (χ3v) is 4.92. The molecule has 0 saturated carbocycles. The van der Waals surface area contributed by atoms with Crippen LogP contribution in [0.1, 0.15) is 23.6 Å². The van der Waals surface area contributed by atoms with Crippen LogP contribution in [0.4, 0.5) is 4.79 Å². The van der Waals surface area contributed by atoms with E-state index in [1.807, 2.05) is 53.2 Å². The number of urea groups is 1. The molecule has 1 fully saturated rings. The number of nitrogens with one attached hydrogen (secondary N) is 1. The average molecular weight is 389 g/mol. The van der Waals surface area contributed by atoms with Crippen molar-refractivity contribution in [3.63, 3.8) is 0 Å². The summed E-state index contributed by atoms with van der Waals surface area (Å²) in [5.74, 6) is 0.827. The number of carbonyl (C=O) groups excluding carboxylic acids is 1. The maximum Gasteiger partial charge on any atom is 0.323 e. The van der Waals surface area contributed by atoms with Gasteiger partial charge >= 0.3 is 6.03 Å². The van der Waals surface area contributed by atoms with Crippen LogP contribution in [0.15, 0.2) is 78.3 Å². The van der Waals surface area contributed by atoms with Gasteiger partial charge in [-0.25, -0.2) is 9.78 Å². The summed E-state index contributed by atoms with van der Waals surface area (Å²) in [6.45, 7) is 1.86. The van der Waals surface area contributed by atoms with Crippen molar-refractivity contribution in [2.45, 2.75) is 25.6 Å². The van der Waals surface area contributed by atoms with Crippen molar-refractivity contribution in [3.8, 4) is 5.75 Å². The molecule has 1 atom stereocenters. The van der Waals surface area contributed by atoms with E-state index in [1.165, 1.54) is 0 Å². The Bertz CT molecular complexity index is 968. The Balaban J connectivity index is 1.55. The minimum absolute atomic E-state index is 0.152. The van der Waals surface area contributed by atoms with Gasteiger partial charge in [0.2, 0.25) is 0 Å². The Morgan fingerprint density at radius 2 is 1.86 bits per heavy atom. The monoisotopic (exact) mass is 389 g/mol. The Morgan fingerprint density at radius 3 is 2.59 bits per heavy atom. The fraction of sp³-hybridized carbons (Fsp3) is 0.227. The van der Waals surface area contributed by atoms with Gasteiger partial charge < -0.3 is 14.6 Å². The van der Waals surface area contributed by atoms with Crippen LogP contribution in [0.25, 0.3) is 0 Å². The molecule has 0 spiro atoms. The summed E-state index contributed by atoms with van der Waals surface area (Å²) < 4.78 is 1.99. The average Bonchev–Trinajstić information content (AvgIpc) is 3.36. The summed E-state index contributed by atoms with van der Waals surface area (Å²) in [5.41, 5.74) is 1.99. The molecule has 148 valence electrons. The van der Waals surface area contributed by atoms with E-state index >= 15 is 0 Å². The van der Waals surface area contributed by atoms with Crippen molar-refractivity contribution < 1.29 is 9.90 Å². The largest absolute Gasteiger partial charge is 0.508 e. The number of nitrogens with zero attached hydrogens (tertiary/aromatic N) is 4. The van der Waals surface area contributed by atoms with E-state index in [-0.39, 0.29) is 17.8 Å². The highest BCUT2D eigenvalue weighted by molar-refractivity contribution is 6.07. The van der Waals surface area contributed by atoms with Crippen molar-refractivity contribution in [1.29, 1.82) is 0 Å². The Hall–Kier alpha value is -3.61. The predicted molar refractivity (Wildman–Crippen MR) is 111 cm³/mol. The highest BCUT2D eigenvalue weighted by atomic mass is 16.3. The molecule has 2 heterocycles. The first-order valence-corrected chi connectivity index (χ1v) is 9.61. The summed E-state index contributed by atoms with van der Waals surface area (Å²) in [7, 11) is 0. The maximum absolute atomic E-state index is 12.7. The number of amidine groups is 1. The number of aryl methyl sites for hydroxylation is 1. The van der Waals surface area contributed by atoms with E-state index in [4.69, 9.17) is 4.99 Å². The van der Waals surface area contributed by atoms with Crippen LogP contribution >= 0.6 is 0 Å². The molecule has 2 N–H and O–H groups in total. The topological polar surface area (TPSA) is 82.7 Å². The lowest BCUT2D eigenvalue weighted by atomic mass is 10.0. The van der Waals surface area contributed by atoms with Crippen molar-refractivity contribution in [2.24, 2.45) is 4.99 Å². The smallest absolute Gasteiger partial charge is 0.323 e. The van der Waals surface area contributed by atoms with Gasteiger partial charge in [0.05, 0.1) is 12.9 Å². The fourth-order valence-corrected chi connectivity index (χ4v) is 3.47. The molecule has 0 bridgehead atoms. The molecule has 7 nitrogen and oxygen atoms in total. The number of carbonyl (C=O) groups is 1. The molecule has 0 aliphatic carbocycles. The molecule has 4 rings (SSSR count). The van der Waals surface area contributed by atoms with Gasteiger partial charge in [-0.3, -0.25) is 10.3 Å². The van der Waals surface area contributed by atoms with Gasteiger partial charge in [0.15, 0.2) is 0 Å². The number of hydrogen-bond acceptors (Lipinski definition) is 4. The van der Waals surface area contributed by atoms with Gasteiger partial charge in [-0.05, 0) is 29.7 Å². The standard InChI is InChI=1S/C22H23N5O2/c28-19-9-7-18(8-10-19)20-21(24-15-17-5-2-1-3-6-17)25-22(29)27(20)13-4-12-26-14-11-23-16-26/h1-3,5-11,14,16,20,28H,4,12-13,15H2,(H,24,25,29). The first-order chi connectivity index (χ1) is 14.2. The normalized spacial score (nSPS) is 17.7. The summed E-state index contributed by atoms with van der Waals surface area (Å²) in [6, 6.07) is 16.4. The number of rotatable bonds is 7. The van der Waals surface area contributed by atoms with Crippen molar-refractivity contribution >= 4 is 11.9 Å². The van der Waals surface area contributed by atoms with Crippen LogP contribution in [0.3, 0.4) is 0 Å². The number of aliphatic imine (C=N–C) groups is 1. The summed E-state index contributed by atoms with van der Waals surface area (Å²) in [6.07, 6.45) is 6.23. The number of phenolic OH excluding ortho intramolecular Hbond substituents is 1. The molecule has 0 radical (unpaired) electrons. The van der Waals surface area contributed by atoms with Crippen LogP contribution in [-0.2, 0) is 13.1 Å². The lowest BCUT2D eigenvalue weighted by Gasteiger charge is -2.23. The Kier molecular flexibility index (Phi) is 5.56. The Morgan fingerprint density at radius 1 is 1.07 bits per heavy atom. The van der Waals surface area contributed by atoms with Crippen LogP contribution < -0.4 is 5.32 Å². The molecular formula is C22H23N5O2. The minimum Gasteiger partial charge on any atom is -0.508 e. The summed E-state index contributed by atoms with van der Waals surface area (Å²) in [4.78, 5) is 23.3. The minimum atomic E-state index is -0.297. The number of benzene rings is 2. The highest BCUT2D eigenvalue weighted by Gasteiger charge is 2.37. The fourth-order valence-electron chi connectivity index (χ4n) is 3.47. The molecule has 1 aliphatic rings. The van der Waals surface area contributed by atoms with Gasteiger partial charge in [0, 0.05) is 25.5 Å². The van der Waals surface area contributed by atoms with Gasteiger partial charge in [-0.1, -0.05) is 42.5 Å². The molecule has 1 unspecified atom stereocenters. The van der Waals surface area contributed by atoms with Gasteiger partial charge in [-0.15, -0.1) is 0 Å². The van der Waals surface area contributed by atoms with Crippen LogP contribution in [0, 0.1) is 0 Å². The third kappa shape index (κ3) is 4.45. The molecule has 1 aliphatic heterocycles. The first-order valence-electron chi connectivity index (χ1n) is 9.61. The number of imidazole rings is 1. The zero-order valence-electron chi connectivity index (χ0n) is 16.0. The van der Waals surface area contributed by atoms with Crippen molar-refractivity contribution in [1.82, 2.24) is 19.8 Å². The number of aromatic nitrogens is 2. The SMILES string of the molecule is O=C1NC(=NCc2ccccc2)C(c2ccc(O)cc2)N1CCCn1ccnc1. The molecule has 3 aromatic rings. The highest BCUT2D eigenvalue weighted by Crippen LogP contribution is 2.28. The van der Waals surface area contributed by atoms with Crippen molar-refractivity contribution in [3.05, 3.63) is 84.4 Å². The van der Waals surface area contributed by atoms with E-state index in [1.54, 1.807) is 29.6 Å². The zero-order valence-corrected chi connectivity index (χ0v) is 16.0. The van der Waals surface area contributed by atoms with Gasteiger partial charge in [-0.2, -0.15) is 0 Å². The van der Waals surface area contributed by atoms with Gasteiger partial charge in [0.25, 0.3) is 0 Å². The molecule has 2 aromatic carbocycles. The van der Waals surface area contributed by atoms with Gasteiger partial charge in [0.1, 0.15) is 17.6 Å². The maximum atomic E-state index is 12.7. The number of phenols is 1. The third-order valence-electron chi connectivity index (χ3n) is 4.92. The second-order valence-electron chi connectivity index (χ2n) is 6.96. The molecule has 29 heavy (non-hydrogen) atoms. The number of aromatic hydroxyl groups is 1. The summed E-state index contributed by atoms with van der Waals surface area (Å²) >= 11 is 0. The number of hydrogen-bond donors (Lipinski definition) is 2. The summed E-state index contributed by atoms with van der Waals surface area (Å²) in [5, 5.41) is 12.6. The van der Waals surface area contributed by atoms with Crippen LogP contribution in [-0.4, -0.2) is 38.0 Å². The van der Waals surface area contributed by atoms with Crippen LogP contribution in [0.5, 0.6) is 5.75 Å². The molecule has 7 heteroatoms. The second-order valence-corrected chi connectivity index (χ2v) is 6.96. The molecule has 1 saturated heterocycles. The van der Waals surface area contributed by atoms with E-state index in [0.717, 1.165) is 24.1 Å². The Labute approximate surface area is 169 Å². The van der Waals surface area contributed by atoms with Crippen LogP contribution in [0.2, 0.25) is 0 Å². The van der Waals surface area contributed by atoms with E-state index in [2.05, 4.69) is 10.3 Å². The molecular weight excluding hydrogens is 366 g/mol. The number of amides is 2. The quantitative estimate of drug-likeness (QED) is 0.650. The lowest BCUT2D eigenvalue weighted by Crippen LogP contribution is -2.31. The first kappa shape index (κ1) is 18.7. The van der Waals surface area contributed by atoms with E-state index in [9.17, 15) is 9.90 Å². The van der Waals surface area contributed by atoms with Crippen molar-refractivity contribution in [2.75, 3.05) is 6.54 Å². The second kappa shape index (κ2) is 8.60. The van der Waals surface area contributed by atoms with E-state index in [0.29, 0.717) is 18.9 Å².